The SMILES string of the molecule is [NH]c1sc2ccccc2c1Sc1cccc(Cl)c1. The quantitative estimate of drug-likeness (QED) is 0.601. The number of halogens is 1. The zero-order valence-corrected chi connectivity index (χ0v) is 11.7. The standard InChI is InChI=1S/C14H9ClNS2/c15-9-4-3-5-10(8-9)17-13-11-6-1-2-7-12(11)18-14(13)16/h1-8,16H. The van der Waals surface area contributed by atoms with E-state index in [2.05, 4.69) is 12.1 Å². The first-order valence-electron chi connectivity index (χ1n) is 5.40. The third-order valence-corrected chi connectivity index (χ3v) is 5.03. The Hall–Kier alpha value is -1.16. The lowest BCUT2D eigenvalue weighted by Crippen LogP contribution is -1.74. The Kier molecular flexibility index (Phi) is 3.20. The topological polar surface area (TPSA) is 23.8 Å². The molecule has 0 amide bonds. The first kappa shape index (κ1) is 11.9. The van der Waals surface area contributed by atoms with E-state index in [1.807, 2.05) is 36.4 Å². The van der Waals surface area contributed by atoms with Crippen molar-refractivity contribution in [2.24, 2.45) is 0 Å². The van der Waals surface area contributed by atoms with Gasteiger partial charge in [0, 0.05) is 20.0 Å². The summed E-state index contributed by atoms with van der Waals surface area (Å²) in [6, 6.07) is 15.9. The molecule has 3 aromatic rings. The fraction of sp³-hybridized carbons (Fsp3) is 0. The molecule has 0 spiro atoms. The summed E-state index contributed by atoms with van der Waals surface area (Å²) in [5, 5.41) is 2.49. The van der Waals surface area contributed by atoms with Crippen LogP contribution in [0, 0.1) is 0 Å². The van der Waals surface area contributed by atoms with Gasteiger partial charge in [-0.05, 0) is 24.3 Å². The van der Waals surface area contributed by atoms with Gasteiger partial charge < -0.3 is 0 Å². The van der Waals surface area contributed by atoms with E-state index in [1.54, 1.807) is 11.8 Å². The van der Waals surface area contributed by atoms with E-state index in [0.29, 0.717) is 5.00 Å². The summed E-state index contributed by atoms with van der Waals surface area (Å²) in [5.41, 5.74) is 8.07. The molecule has 0 aliphatic carbocycles. The van der Waals surface area contributed by atoms with Crippen molar-refractivity contribution in [3.05, 3.63) is 53.6 Å². The summed E-state index contributed by atoms with van der Waals surface area (Å²) < 4.78 is 1.16. The van der Waals surface area contributed by atoms with E-state index in [-0.39, 0.29) is 0 Å². The highest BCUT2D eigenvalue weighted by Crippen LogP contribution is 2.44. The van der Waals surface area contributed by atoms with E-state index in [4.69, 9.17) is 17.3 Å². The molecule has 1 heterocycles. The maximum Gasteiger partial charge on any atom is 0.122 e. The number of hydrogen-bond donors (Lipinski definition) is 0. The fourth-order valence-corrected chi connectivity index (χ4v) is 4.14. The number of rotatable bonds is 2. The molecule has 1 aromatic heterocycles. The molecule has 0 saturated heterocycles. The summed E-state index contributed by atoms with van der Waals surface area (Å²) in [7, 11) is 0. The molecule has 0 bridgehead atoms. The molecule has 2 aromatic carbocycles. The van der Waals surface area contributed by atoms with Crippen molar-refractivity contribution in [1.82, 2.24) is 5.73 Å². The van der Waals surface area contributed by atoms with Crippen LogP contribution in [0.25, 0.3) is 10.1 Å². The summed E-state index contributed by atoms with van der Waals surface area (Å²) >= 11 is 9.10. The van der Waals surface area contributed by atoms with Gasteiger partial charge in [0.15, 0.2) is 0 Å². The maximum atomic E-state index is 8.07. The lowest BCUT2D eigenvalue weighted by molar-refractivity contribution is 1.42. The van der Waals surface area contributed by atoms with E-state index < -0.39 is 0 Å². The average molecular weight is 291 g/mol. The van der Waals surface area contributed by atoms with Crippen LogP contribution in [0.2, 0.25) is 5.02 Å². The summed E-state index contributed by atoms with van der Waals surface area (Å²) in [5.74, 6) is 0. The van der Waals surface area contributed by atoms with Gasteiger partial charge in [0.25, 0.3) is 0 Å². The second kappa shape index (κ2) is 4.84. The molecule has 4 heteroatoms. The molecule has 0 aliphatic heterocycles. The molecule has 1 nitrogen and oxygen atoms in total. The molecule has 89 valence electrons. The number of nitrogens with one attached hydrogen (secondary N) is 1. The van der Waals surface area contributed by atoms with Gasteiger partial charge in [-0.15, -0.1) is 11.3 Å². The second-order valence-electron chi connectivity index (χ2n) is 3.82. The van der Waals surface area contributed by atoms with Crippen molar-refractivity contribution >= 4 is 49.8 Å². The fourth-order valence-electron chi connectivity index (χ4n) is 1.77. The van der Waals surface area contributed by atoms with E-state index in [1.165, 1.54) is 11.3 Å². The highest BCUT2D eigenvalue weighted by atomic mass is 35.5. The van der Waals surface area contributed by atoms with Crippen molar-refractivity contribution in [2.75, 3.05) is 0 Å². The van der Waals surface area contributed by atoms with Crippen LogP contribution in [-0.2, 0) is 0 Å². The van der Waals surface area contributed by atoms with Crippen molar-refractivity contribution in [3.8, 4) is 0 Å². The number of fused-ring (bicyclic) bond motifs is 1. The van der Waals surface area contributed by atoms with Gasteiger partial charge in [-0.1, -0.05) is 47.6 Å². The molecule has 18 heavy (non-hydrogen) atoms. The number of hydrogen-bond acceptors (Lipinski definition) is 2. The van der Waals surface area contributed by atoms with Gasteiger partial charge in [0.2, 0.25) is 0 Å². The summed E-state index contributed by atoms with van der Waals surface area (Å²) in [6.45, 7) is 0. The lowest BCUT2D eigenvalue weighted by atomic mass is 10.3. The predicted molar refractivity (Wildman–Crippen MR) is 80.2 cm³/mol. The Bertz CT molecular complexity index is 706. The van der Waals surface area contributed by atoms with Gasteiger partial charge in [-0.2, -0.15) is 0 Å². The lowest BCUT2D eigenvalue weighted by Gasteiger charge is -2.01. The Morgan fingerprint density at radius 2 is 1.89 bits per heavy atom. The van der Waals surface area contributed by atoms with Crippen molar-refractivity contribution in [2.45, 2.75) is 9.79 Å². The highest BCUT2D eigenvalue weighted by Gasteiger charge is 2.11. The first-order valence-corrected chi connectivity index (χ1v) is 7.42. The molecule has 0 atom stereocenters. The van der Waals surface area contributed by atoms with Crippen LogP contribution < -0.4 is 5.73 Å². The van der Waals surface area contributed by atoms with Crippen LogP contribution in [0.5, 0.6) is 0 Å². The Morgan fingerprint density at radius 1 is 1.06 bits per heavy atom. The maximum absolute atomic E-state index is 8.07. The summed E-state index contributed by atoms with van der Waals surface area (Å²) in [4.78, 5) is 2.08. The largest absolute Gasteiger partial charge is 0.289 e. The molecular formula is C14H9ClNS2. The van der Waals surface area contributed by atoms with Gasteiger partial charge in [0.05, 0.1) is 4.90 Å². The normalized spacial score (nSPS) is 10.9. The van der Waals surface area contributed by atoms with Gasteiger partial charge in [-0.3, -0.25) is 5.73 Å². The van der Waals surface area contributed by atoms with Crippen molar-refractivity contribution < 1.29 is 0 Å². The average Bonchev–Trinajstić information content (AvgIpc) is 2.66. The van der Waals surface area contributed by atoms with E-state index in [0.717, 1.165) is 24.9 Å². The van der Waals surface area contributed by atoms with Crippen LogP contribution >= 0.6 is 34.7 Å². The molecular weight excluding hydrogens is 282 g/mol. The van der Waals surface area contributed by atoms with Crippen LogP contribution in [0.1, 0.15) is 0 Å². The minimum Gasteiger partial charge on any atom is -0.289 e. The van der Waals surface area contributed by atoms with Gasteiger partial charge >= 0.3 is 0 Å². The van der Waals surface area contributed by atoms with Crippen molar-refractivity contribution in [3.63, 3.8) is 0 Å². The molecule has 1 radical (unpaired) electrons. The third kappa shape index (κ3) is 2.21. The van der Waals surface area contributed by atoms with Gasteiger partial charge in [0.1, 0.15) is 5.00 Å². The zero-order chi connectivity index (χ0) is 12.5. The summed E-state index contributed by atoms with van der Waals surface area (Å²) in [6.07, 6.45) is 0. The van der Waals surface area contributed by atoms with Crippen LogP contribution in [0.15, 0.2) is 58.3 Å². The minimum absolute atomic E-state index is 0.612. The van der Waals surface area contributed by atoms with E-state index in [9.17, 15) is 0 Å². The minimum atomic E-state index is 0.612. The Labute approximate surface area is 119 Å². The van der Waals surface area contributed by atoms with Gasteiger partial charge in [-0.25, -0.2) is 0 Å². The molecule has 0 aliphatic rings. The molecule has 3 rings (SSSR count). The third-order valence-electron chi connectivity index (χ3n) is 2.57. The predicted octanol–water partition coefficient (Wildman–Crippen LogP) is 5.62. The first-order chi connectivity index (χ1) is 8.74. The van der Waals surface area contributed by atoms with Crippen LogP contribution in [0.4, 0.5) is 5.00 Å². The zero-order valence-electron chi connectivity index (χ0n) is 9.31. The van der Waals surface area contributed by atoms with Crippen LogP contribution in [-0.4, -0.2) is 0 Å². The van der Waals surface area contributed by atoms with E-state index >= 15 is 0 Å². The number of thiophene rings is 1. The Balaban J connectivity index is 2.07. The smallest absolute Gasteiger partial charge is 0.122 e. The van der Waals surface area contributed by atoms with Crippen LogP contribution in [0.3, 0.4) is 0 Å². The number of benzene rings is 2. The molecule has 0 saturated carbocycles. The molecule has 0 fully saturated rings. The molecule has 0 unspecified atom stereocenters. The molecule has 1 N–H and O–H groups in total. The monoisotopic (exact) mass is 290 g/mol. The highest BCUT2D eigenvalue weighted by molar-refractivity contribution is 8.00. The second-order valence-corrected chi connectivity index (χ2v) is 6.39. The Morgan fingerprint density at radius 3 is 2.72 bits per heavy atom. The van der Waals surface area contributed by atoms with Crippen molar-refractivity contribution in [1.29, 1.82) is 0 Å².